The predicted molar refractivity (Wildman–Crippen MR) is 64.5 cm³/mol. The van der Waals surface area contributed by atoms with Crippen LogP contribution in [0.25, 0.3) is 0 Å². The molecule has 2 rings (SSSR count). The smallest absolute Gasteiger partial charge is 0.161 e. The minimum Gasteiger partial charge on any atom is -0.493 e. The Morgan fingerprint density at radius 2 is 1.88 bits per heavy atom. The summed E-state index contributed by atoms with van der Waals surface area (Å²) in [4.78, 5) is 11.2. The number of benzene rings is 1. The summed E-state index contributed by atoms with van der Waals surface area (Å²) in [6.07, 6.45) is 1.05. The van der Waals surface area contributed by atoms with E-state index < -0.39 is 0 Å². The van der Waals surface area contributed by atoms with E-state index >= 15 is 0 Å². The fourth-order valence-electron chi connectivity index (χ4n) is 2.34. The largest absolute Gasteiger partial charge is 0.493 e. The van der Waals surface area contributed by atoms with Gasteiger partial charge < -0.3 is 15.2 Å². The summed E-state index contributed by atoms with van der Waals surface area (Å²) >= 11 is 0. The summed E-state index contributed by atoms with van der Waals surface area (Å²) in [6.45, 7) is 0.480. The van der Waals surface area contributed by atoms with E-state index in [9.17, 15) is 4.79 Å². The molecule has 1 aromatic rings. The van der Waals surface area contributed by atoms with Crippen LogP contribution < -0.4 is 15.2 Å². The SMILES string of the molecule is COc1ccc(C2(CN)CC(=O)C2)cc1OC. The van der Waals surface area contributed by atoms with Gasteiger partial charge in [-0.2, -0.15) is 0 Å². The monoisotopic (exact) mass is 235 g/mol. The van der Waals surface area contributed by atoms with Gasteiger partial charge in [0, 0.05) is 24.8 Å². The van der Waals surface area contributed by atoms with Crippen LogP contribution in [-0.4, -0.2) is 26.5 Å². The maximum absolute atomic E-state index is 11.2. The lowest BCUT2D eigenvalue weighted by Crippen LogP contribution is -2.47. The van der Waals surface area contributed by atoms with Crippen LogP contribution >= 0.6 is 0 Å². The van der Waals surface area contributed by atoms with Crippen molar-refractivity contribution in [2.75, 3.05) is 20.8 Å². The molecule has 92 valence electrons. The van der Waals surface area contributed by atoms with Gasteiger partial charge in [0.05, 0.1) is 14.2 Å². The predicted octanol–water partition coefficient (Wildman–Crippen LogP) is 1.26. The molecule has 2 N–H and O–H groups in total. The standard InChI is InChI=1S/C13H17NO3/c1-16-11-4-3-9(5-12(11)17-2)13(8-14)6-10(15)7-13/h3-5H,6-8,14H2,1-2H3. The van der Waals surface area contributed by atoms with E-state index in [2.05, 4.69) is 0 Å². The first kappa shape index (κ1) is 11.9. The van der Waals surface area contributed by atoms with Gasteiger partial charge in [0.1, 0.15) is 5.78 Å². The zero-order valence-electron chi connectivity index (χ0n) is 10.2. The number of hydrogen-bond acceptors (Lipinski definition) is 4. The first-order valence-corrected chi connectivity index (χ1v) is 5.59. The average Bonchev–Trinajstić information content (AvgIpc) is 2.33. The van der Waals surface area contributed by atoms with Crippen LogP contribution in [0.15, 0.2) is 18.2 Å². The van der Waals surface area contributed by atoms with Gasteiger partial charge in [-0.05, 0) is 17.7 Å². The third kappa shape index (κ3) is 1.89. The number of hydrogen-bond donors (Lipinski definition) is 1. The second kappa shape index (κ2) is 4.37. The van der Waals surface area contributed by atoms with E-state index in [4.69, 9.17) is 15.2 Å². The van der Waals surface area contributed by atoms with E-state index in [1.54, 1.807) is 14.2 Å². The molecule has 1 aliphatic rings. The minimum atomic E-state index is -0.198. The number of nitrogens with two attached hydrogens (primary N) is 1. The van der Waals surface area contributed by atoms with Crippen molar-refractivity contribution < 1.29 is 14.3 Å². The molecule has 0 spiro atoms. The Hall–Kier alpha value is -1.55. The van der Waals surface area contributed by atoms with E-state index in [0.29, 0.717) is 30.9 Å². The molecular weight excluding hydrogens is 218 g/mol. The van der Waals surface area contributed by atoms with Gasteiger partial charge in [0.25, 0.3) is 0 Å². The molecule has 17 heavy (non-hydrogen) atoms. The van der Waals surface area contributed by atoms with Crippen LogP contribution in [0.4, 0.5) is 0 Å². The van der Waals surface area contributed by atoms with Gasteiger partial charge in [-0.3, -0.25) is 4.79 Å². The summed E-state index contributed by atoms with van der Waals surface area (Å²) in [5, 5.41) is 0. The highest BCUT2D eigenvalue weighted by Crippen LogP contribution is 2.43. The van der Waals surface area contributed by atoms with Crippen molar-refractivity contribution in [1.29, 1.82) is 0 Å². The lowest BCUT2D eigenvalue weighted by atomic mass is 9.63. The van der Waals surface area contributed by atoms with Crippen molar-refractivity contribution >= 4 is 5.78 Å². The normalized spacial score (nSPS) is 17.5. The molecule has 1 aromatic carbocycles. The van der Waals surface area contributed by atoms with Gasteiger partial charge in [-0.15, -0.1) is 0 Å². The molecule has 0 aliphatic heterocycles. The van der Waals surface area contributed by atoms with Gasteiger partial charge in [-0.1, -0.05) is 6.07 Å². The van der Waals surface area contributed by atoms with Crippen LogP contribution in [0.1, 0.15) is 18.4 Å². The summed E-state index contributed by atoms with van der Waals surface area (Å²) < 4.78 is 10.4. The lowest BCUT2D eigenvalue weighted by molar-refractivity contribution is -0.128. The Kier molecular flexibility index (Phi) is 3.07. The highest BCUT2D eigenvalue weighted by molar-refractivity contribution is 5.88. The molecule has 0 heterocycles. The maximum Gasteiger partial charge on any atom is 0.161 e. The molecule has 0 unspecified atom stereocenters. The number of methoxy groups -OCH3 is 2. The first-order valence-electron chi connectivity index (χ1n) is 5.59. The van der Waals surface area contributed by atoms with Gasteiger partial charge in [0.15, 0.2) is 11.5 Å². The highest BCUT2D eigenvalue weighted by atomic mass is 16.5. The Morgan fingerprint density at radius 1 is 1.24 bits per heavy atom. The van der Waals surface area contributed by atoms with Crippen LogP contribution in [0.2, 0.25) is 0 Å². The minimum absolute atomic E-state index is 0.198. The van der Waals surface area contributed by atoms with Crippen molar-refractivity contribution in [2.24, 2.45) is 5.73 Å². The number of Topliss-reactive ketones (excluding diaryl/α,β-unsaturated/α-hetero) is 1. The highest BCUT2D eigenvalue weighted by Gasteiger charge is 2.44. The summed E-state index contributed by atoms with van der Waals surface area (Å²) in [5.41, 5.74) is 6.66. The van der Waals surface area contributed by atoms with Gasteiger partial charge >= 0.3 is 0 Å². The van der Waals surface area contributed by atoms with E-state index in [1.807, 2.05) is 18.2 Å². The fraction of sp³-hybridized carbons (Fsp3) is 0.462. The van der Waals surface area contributed by atoms with E-state index in [1.165, 1.54) is 0 Å². The Labute approximate surface area is 101 Å². The Bertz CT molecular complexity index is 434. The summed E-state index contributed by atoms with van der Waals surface area (Å²) in [6, 6.07) is 5.73. The van der Waals surface area contributed by atoms with E-state index in [0.717, 1.165) is 5.56 Å². The Morgan fingerprint density at radius 3 is 2.35 bits per heavy atom. The zero-order valence-corrected chi connectivity index (χ0v) is 10.2. The number of carbonyl (C=O) groups excluding carboxylic acids is 1. The molecule has 0 aromatic heterocycles. The fourth-order valence-corrected chi connectivity index (χ4v) is 2.34. The average molecular weight is 235 g/mol. The van der Waals surface area contributed by atoms with Crippen molar-refractivity contribution in [2.45, 2.75) is 18.3 Å². The summed E-state index contributed by atoms with van der Waals surface area (Å²) in [5.74, 6) is 1.64. The van der Waals surface area contributed by atoms with Crippen LogP contribution in [0.3, 0.4) is 0 Å². The van der Waals surface area contributed by atoms with Gasteiger partial charge in [-0.25, -0.2) is 0 Å². The van der Waals surface area contributed by atoms with Crippen molar-refractivity contribution in [3.05, 3.63) is 23.8 Å². The molecular formula is C13H17NO3. The molecule has 0 amide bonds. The second-order valence-corrected chi connectivity index (χ2v) is 4.45. The maximum atomic E-state index is 11.2. The molecule has 0 bridgehead atoms. The third-order valence-corrected chi connectivity index (χ3v) is 3.46. The van der Waals surface area contributed by atoms with Crippen molar-refractivity contribution in [3.63, 3.8) is 0 Å². The topological polar surface area (TPSA) is 61.5 Å². The first-order chi connectivity index (χ1) is 8.15. The number of ether oxygens (including phenoxy) is 2. The summed E-state index contributed by atoms with van der Waals surface area (Å²) in [7, 11) is 3.20. The van der Waals surface area contributed by atoms with Crippen LogP contribution in [0.5, 0.6) is 11.5 Å². The molecule has 4 nitrogen and oxygen atoms in total. The van der Waals surface area contributed by atoms with Crippen molar-refractivity contribution in [3.8, 4) is 11.5 Å². The molecule has 1 aliphatic carbocycles. The van der Waals surface area contributed by atoms with Gasteiger partial charge in [0.2, 0.25) is 0 Å². The third-order valence-electron chi connectivity index (χ3n) is 3.46. The van der Waals surface area contributed by atoms with Crippen LogP contribution in [-0.2, 0) is 10.2 Å². The van der Waals surface area contributed by atoms with Crippen molar-refractivity contribution in [1.82, 2.24) is 0 Å². The van der Waals surface area contributed by atoms with E-state index in [-0.39, 0.29) is 11.2 Å². The molecule has 0 atom stereocenters. The number of carbonyl (C=O) groups is 1. The second-order valence-electron chi connectivity index (χ2n) is 4.45. The molecule has 1 fully saturated rings. The molecule has 4 heteroatoms. The quantitative estimate of drug-likeness (QED) is 0.853. The number of rotatable bonds is 4. The van der Waals surface area contributed by atoms with Crippen LogP contribution in [0, 0.1) is 0 Å². The number of ketones is 1. The molecule has 0 radical (unpaired) electrons. The lowest BCUT2D eigenvalue weighted by Gasteiger charge is -2.40. The molecule has 1 saturated carbocycles. The Balaban J connectivity index is 2.36. The molecule has 0 saturated heterocycles. The zero-order chi connectivity index (χ0) is 12.5.